The zero-order chi connectivity index (χ0) is 18.9. The van der Waals surface area contributed by atoms with E-state index in [-0.39, 0.29) is 23.7 Å². The Morgan fingerprint density at radius 3 is 2.69 bits per heavy atom. The summed E-state index contributed by atoms with van der Waals surface area (Å²) in [4.78, 5) is 36.5. The van der Waals surface area contributed by atoms with Crippen LogP contribution < -0.4 is 15.5 Å². The molecule has 2 N–H and O–H groups in total. The molecule has 0 bridgehead atoms. The molecule has 0 radical (unpaired) electrons. The van der Waals surface area contributed by atoms with Crippen LogP contribution in [0.4, 0.5) is 11.4 Å². The lowest BCUT2D eigenvalue weighted by molar-refractivity contribution is -0.384. The zero-order valence-electron chi connectivity index (χ0n) is 14.5. The normalized spacial score (nSPS) is 14.0. The van der Waals surface area contributed by atoms with Crippen LogP contribution in [0, 0.1) is 10.1 Å². The van der Waals surface area contributed by atoms with Crippen LogP contribution in [0.15, 0.2) is 18.2 Å². The number of methoxy groups -OCH3 is 1. The van der Waals surface area contributed by atoms with E-state index in [9.17, 15) is 19.7 Å². The SMILES string of the molecule is COCCNC(=O)CNC(=O)c1ccc(N2CCOCC2)c([N+](=O)[O-])c1. The van der Waals surface area contributed by atoms with Crippen molar-refractivity contribution in [3.8, 4) is 0 Å². The van der Waals surface area contributed by atoms with Gasteiger partial charge in [-0.15, -0.1) is 0 Å². The fourth-order valence-corrected chi connectivity index (χ4v) is 2.50. The summed E-state index contributed by atoms with van der Waals surface area (Å²) in [5.41, 5.74) is 0.426. The fourth-order valence-electron chi connectivity index (χ4n) is 2.50. The quantitative estimate of drug-likeness (QED) is 0.375. The van der Waals surface area contributed by atoms with E-state index in [0.29, 0.717) is 45.1 Å². The van der Waals surface area contributed by atoms with Gasteiger partial charge in [-0.25, -0.2) is 0 Å². The molecule has 1 fully saturated rings. The van der Waals surface area contributed by atoms with Crippen molar-refractivity contribution >= 4 is 23.2 Å². The third-order valence-electron chi connectivity index (χ3n) is 3.82. The lowest BCUT2D eigenvalue weighted by atomic mass is 10.1. The third-order valence-corrected chi connectivity index (χ3v) is 3.82. The number of benzene rings is 1. The van der Waals surface area contributed by atoms with E-state index >= 15 is 0 Å². The number of anilines is 1. The van der Waals surface area contributed by atoms with Crippen LogP contribution in [0.25, 0.3) is 0 Å². The smallest absolute Gasteiger partial charge is 0.293 e. The number of amides is 2. The summed E-state index contributed by atoms with van der Waals surface area (Å²) in [5.74, 6) is -0.918. The molecule has 0 unspecified atom stereocenters. The molecule has 0 atom stereocenters. The highest BCUT2D eigenvalue weighted by molar-refractivity contribution is 5.97. The average molecular weight is 366 g/mol. The minimum atomic E-state index is -0.552. The molecule has 0 aromatic heterocycles. The first-order valence-electron chi connectivity index (χ1n) is 8.18. The van der Waals surface area contributed by atoms with Gasteiger partial charge < -0.3 is 25.0 Å². The number of rotatable bonds is 8. The minimum Gasteiger partial charge on any atom is -0.383 e. The number of nitro benzene ring substituents is 1. The summed E-state index contributed by atoms with van der Waals surface area (Å²) < 4.78 is 10.1. The maximum Gasteiger partial charge on any atom is 0.293 e. The van der Waals surface area contributed by atoms with Gasteiger partial charge in [0, 0.05) is 38.4 Å². The van der Waals surface area contributed by atoms with Crippen LogP contribution in [0.1, 0.15) is 10.4 Å². The Morgan fingerprint density at radius 2 is 2.04 bits per heavy atom. The van der Waals surface area contributed by atoms with E-state index in [1.807, 2.05) is 4.90 Å². The first-order chi connectivity index (χ1) is 12.5. The summed E-state index contributed by atoms with van der Waals surface area (Å²) in [6.45, 7) is 2.58. The van der Waals surface area contributed by atoms with Gasteiger partial charge >= 0.3 is 0 Å². The van der Waals surface area contributed by atoms with Crippen molar-refractivity contribution in [2.24, 2.45) is 0 Å². The predicted octanol–water partition coefficient (Wildman–Crippen LogP) is -0.0762. The number of nitro groups is 1. The largest absolute Gasteiger partial charge is 0.383 e. The summed E-state index contributed by atoms with van der Waals surface area (Å²) in [6.07, 6.45) is 0. The number of carbonyl (C=O) groups excluding carboxylic acids is 2. The van der Waals surface area contributed by atoms with Crippen LogP contribution in [0.2, 0.25) is 0 Å². The van der Waals surface area contributed by atoms with Gasteiger partial charge in [-0.1, -0.05) is 0 Å². The van der Waals surface area contributed by atoms with Crippen molar-refractivity contribution < 1.29 is 24.0 Å². The highest BCUT2D eigenvalue weighted by Gasteiger charge is 2.23. The van der Waals surface area contributed by atoms with Crippen molar-refractivity contribution in [3.05, 3.63) is 33.9 Å². The standard InChI is InChI=1S/C16H22N4O6/c1-25-7-4-17-15(21)11-18-16(22)12-2-3-13(14(10-12)20(23)24)19-5-8-26-9-6-19/h2-3,10H,4-9,11H2,1H3,(H,17,21)(H,18,22). The van der Waals surface area contributed by atoms with Gasteiger partial charge in [-0.2, -0.15) is 0 Å². The van der Waals surface area contributed by atoms with Crippen molar-refractivity contribution in [2.45, 2.75) is 0 Å². The van der Waals surface area contributed by atoms with Crippen LogP contribution in [0.5, 0.6) is 0 Å². The summed E-state index contributed by atoms with van der Waals surface area (Å²) in [5, 5.41) is 16.4. The van der Waals surface area contributed by atoms with Crippen molar-refractivity contribution in [3.63, 3.8) is 0 Å². The Hall–Kier alpha value is -2.72. The number of hydrogen-bond acceptors (Lipinski definition) is 7. The van der Waals surface area contributed by atoms with E-state index < -0.39 is 10.8 Å². The van der Waals surface area contributed by atoms with Gasteiger partial charge in [-0.3, -0.25) is 19.7 Å². The summed E-state index contributed by atoms with van der Waals surface area (Å²) >= 11 is 0. The molecule has 10 heteroatoms. The lowest BCUT2D eigenvalue weighted by Crippen LogP contribution is -2.38. The number of hydrogen-bond donors (Lipinski definition) is 2. The van der Waals surface area contributed by atoms with E-state index in [1.165, 1.54) is 19.2 Å². The van der Waals surface area contributed by atoms with E-state index in [4.69, 9.17) is 9.47 Å². The van der Waals surface area contributed by atoms with Crippen LogP contribution in [-0.2, 0) is 14.3 Å². The third kappa shape index (κ3) is 5.39. The maximum absolute atomic E-state index is 12.2. The molecule has 1 aliphatic rings. The molecular weight excluding hydrogens is 344 g/mol. The second-order valence-corrected chi connectivity index (χ2v) is 5.59. The van der Waals surface area contributed by atoms with Crippen molar-refractivity contribution in [1.29, 1.82) is 0 Å². The van der Waals surface area contributed by atoms with Gasteiger partial charge in [0.2, 0.25) is 5.91 Å². The number of ether oxygens (including phenoxy) is 2. The number of morpholine rings is 1. The molecule has 2 amide bonds. The molecule has 1 heterocycles. The molecule has 0 saturated carbocycles. The van der Waals surface area contributed by atoms with Gasteiger partial charge in [0.1, 0.15) is 5.69 Å². The molecule has 1 saturated heterocycles. The highest BCUT2D eigenvalue weighted by atomic mass is 16.6. The average Bonchev–Trinajstić information content (AvgIpc) is 2.66. The Bertz CT molecular complexity index is 660. The second-order valence-electron chi connectivity index (χ2n) is 5.59. The number of carbonyl (C=O) groups is 2. The topological polar surface area (TPSA) is 123 Å². The van der Waals surface area contributed by atoms with Crippen molar-refractivity contribution in [2.75, 3.05) is 58.0 Å². The maximum atomic E-state index is 12.2. The first-order valence-corrected chi connectivity index (χ1v) is 8.18. The van der Waals surface area contributed by atoms with Crippen LogP contribution >= 0.6 is 0 Å². The molecule has 142 valence electrons. The molecule has 26 heavy (non-hydrogen) atoms. The van der Waals surface area contributed by atoms with E-state index in [0.717, 1.165) is 0 Å². The van der Waals surface area contributed by atoms with Gasteiger partial charge in [0.05, 0.1) is 31.3 Å². The van der Waals surface area contributed by atoms with Gasteiger partial charge in [0.15, 0.2) is 0 Å². The predicted molar refractivity (Wildman–Crippen MR) is 93.3 cm³/mol. The summed E-state index contributed by atoms with van der Waals surface area (Å²) in [7, 11) is 1.52. The van der Waals surface area contributed by atoms with E-state index in [2.05, 4.69) is 10.6 Å². The molecule has 1 aliphatic heterocycles. The van der Waals surface area contributed by atoms with Gasteiger partial charge in [-0.05, 0) is 12.1 Å². The number of nitrogens with zero attached hydrogens (tertiary/aromatic N) is 2. The molecule has 0 spiro atoms. The lowest BCUT2D eigenvalue weighted by Gasteiger charge is -2.28. The Labute approximate surface area is 150 Å². The van der Waals surface area contributed by atoms with Gasteiger partial charge in [0.25, 0.3) is 11.6 Å². The molecule has 10 nitrogen and oxygen atoms in total. The Kier molecular flexibility index (Phi) is 7.30. The fraction of sp³-hybridized carbons (Fsp3) is 0.500. The Balaban J connectivity index is 2.02. The van der Waals surface area contributed by atoms with Crippen LogP contribution in [0.3, 0.4) is 0 Å². The van der Waals surface area contributed by atoms with Crippen LogP contribution in [-0.4, -0.2) is 69.8 Å². The van der Waals surface area contributed by atoms with E-state index in [1.54, 1.807) is 6.07 Å². The molecular formula is C16H22N4O6. The first kappa shape index (κ1) is 19.6. The number of nitrogens with one attached hydrogen (secondary N) is 2. The Morgan fingerprint density at radius 1 is 1.31 bits per heavy atom. The molecule has 0 aliphatic carbocycles. The molecule has 1 aromatic rings. The monoisotopic (exact) mass is 366 g/mol. The molecule has 2 rings (SSSR count). The second kappa shape index (κ2) is 9.68. The molecule has 1 aromatic carbocycles. The highest BCUT2D eigenvalue weighted by Crippen LogP contribution is 2.29. The minimum absolute atomic E-state index is 0.124. The van der Waals surface area contributed by atoms with Crippen molar-refractivity contribution in [1.82, 2.24) is 10.6 Å². The zero-order valence-corrected chi connectivity index (χ0v) is 14.5. The summed E-state index contributed by atoms with van der Waals surface area (Å²) in [6, 6.07) is 4.29.